The Balaban J connectivity index is 1.91. The first kappa shape index (κ1) is 19.8. The molecule has 0 aliphatic carbocycles. The molecule has 0 saturated carbocycles. The van der Waals surface area contributed by atoms with E-state index in [-0.39, 0.29) is 21.8 Å². The summed E-state index contributed by atoms with van der Waals surface area (Å²) >= 11 is 1.09. The van der Waals surface area contributed by atoms with Crippen LogP contribution in [0.1, 0.15) is 15.2 Å². The highest BCUT2D eigenvalue weighted by Crippen LogP contribution is 2.23. The van der Waals surface area contributed by atoms with Gasteiger partial charge in [-0.15, -0.1) is 11.3 Å². The van der Waals surface area contributed by atoms with E-state index in [1.807, 2.05) is 0 Å². The molecular formula is C17H14N2O7S. The van der Waals surface area contributed by atoms with Gasteiger partial charge in [-0.05, 0) is 23.6 Å². The third kappa shape index (κ3) is 5.47. The topological polar surface area (TPSA) is 125 Å². The number of esters is 2. The molecule has 0 atom stereocenters. The summed E-state index contributed by atoms with van der Waals surface area (Å²) in [6, 6.07) is 7.39. The fourth-order valence-electron chi connectivity index (χ4n) is 1.98. The maximum atomic E-state index is 11.8. The number of benzene rings is 1. The van der Waals surface area contributed by atoms with Crippen LogP contribution in [0.4, 0.5) is 11.4 Å². The molecule has 0 saturated heterocycles. The Kier molecular flexibility index (Phi) is 6.78. The van der Waals surface area contributed by atoms with Gasteiger partial charge in [0, 0.05) is 12.1 Å². The molecule has 2 aromatic rings. The molecule has 1 N–H and O–H groups in total. The summed E-state index contributed by atoms with van der Waals surface area (Å²) < 4.78 is 9.37. The molecule has 0 fully saturated rings. The van der Waals surface area contributed by atoms with Crippen LogP contribution in [0.5, 0.6) is 0 Å². The number of nitro groups is 1. The molecule has 1 aromatic heterocycles. The molecule has 27 heavy (non-hydrogen) atoms. The molecule has 9 nitrogen and oxygen atoms in total. The number of nitrogens with zero attached hydrogens (tertiary/aromatic N) is 1. The number of thiophene rings is 1. The van der Waals surface area contributed by atoms with E-state index in [9.17, 15) is 24.5 Å². The van der Waals surface area contributed by atoms with Gasteiger partial charge in [0.15, 0.2) is 6.61 Å². The monoisotopic (exact) mass is 390 g/mol. The van der Waals surface area contributed by atoms with Crippen molar-refractivity contribution in [3.05, 3.63) is 62.3 Å². The highest BCUT2D eigenvalue weighted by Gasteiger charge is 2.16. The molecule has 0 spiro atoms. The first-order chi connectivity index (χ1) is 12.9. The second-order valence-electron chi connectivity index (χ2n) is 4.96. The van der Waals surface area contributed by atoms with Gasteiger partial charge in [0.05, 0.1) is 23.3 Å². The average Bonchev–Trinajstić information content (AvgIpc) is 3.12. The number of methoxy groups -OCH3 is 1. The second-order valence-corrected chi connectivity index (χ2v) is 5.88. The highest BCUT2D eigenvalue weighted by atomic mass is 32.1. The van der Waals surface area contributed by atoms with E-state index in [2.05, 4.69) is 10.1 Å². The number of ether oxygens (including phenoxy) is 2. The fourth-order valence-corrected chi connectivity index (χ4v) is 2.75. The maximum absolute atomic E-state index is 11.8. The fraction of sp³-hybridized carbons (Fsp3) is 0.118. The zero-order chi connectivity index (χ0) is 19.8. The van der Waals surface area contributed by atoms with Gasteiger partial charge in [0.1, 0.15) is 4.88 Å². The summed E-state index contributed by atoms with van der Waals surface area (Å²) in [6.45, 7) is -0.587. The molecule has 1 aromatic carbocycles. The van der Waals surface area contributed by atoms with E-state index >= 15 is 0 Å². The first-order valence-electron chi connectivity index (χ1n) is 7.46. The quantitative estimate of drug-likeness (QED) is 0.333. The zero-order valence-electron chi connectivity index (χ0n) is 14.0. The van der Waals surface area contributed by atoms with Gasteiger partial charge in [0.25, 0.3) is 11.6 Å². The Morgan fingerprint density at radius 2 is 2.00 bits per heavy atom. The van der Waals surface area contributed by atoms with Crippen LogP contribution in [0, 0.1) is 10.1 Å². The number of hydrogen-bond acceptors (Lipinski definition) is 8. The number of carbonyl (C=O) groups excluding carboxylic acids is 3. The number of amides is 1. The Labute approximate surface area is 157 Å². The second kappa shape index (κ2) is 9.25. The van der Waals surface area contributed by atoms with Gasteiger partial charge in [-0.2, -0.15) is 0 Å². The smallest absolute Gasteiger partial charge is 0.350 e. The van der Waals surface area contributed by atoms with E-state index < -0.39 is 29.4 Å². The number of anilines is 1. The van der Waals surface area contributed by atoms with Crippen molar-refractivity contribution in [2.75, 3.05) is 19.0 Å². The van der Waals surface area contributed by atoms with Crippen LogP contribution >= 0.6 is 11.3 Å². The molecule has 0 aliphatic rings. The van der Waals surface area contributed by atoms with Gasteiger partial charge >= 0.3 is 11.9 Å². The van der Waals surface area contributed by atoms with Crippen molar-refractivity contribution in [2.24, 2.45) is 0 Å². The van der Waals surface area contributed by atoms with Crippen molar-refractivity contribution < 1.29 is 28.8 Å². The molecule has 2 rings (SSSR count). The lowest BCUT2D eigenvalue weighted by molar-refractivity contribution is -0.385. The summed E-state index contributed by atoms with van der Waals surface area (Å²) in [5, 5.41) is 14.9. The van der Waals surface area contributed by atoms with Crippen molar-refractivity contribution in [1.29, 1.82) is 0 Å². The van der Waals surface area contributed by atoms with E-state index in [1.54, 1.807) is 11.4 Å². The minimum atomic E-state index is -0.846. The Morgan fingerprint density at radius 3 is 2.70 bits per heavy atom. The first-order valence-corrected chi connectivity index (χ1v) is 8.34. The highest BCUT2D eigenvalue weighted by molar-refractivity contribution is 7.12. The third-order valence-corrected chi connectivity index (χ3v) is 4.08. The largest absolute Gasteiger partial charge is 0.465 e. The molecule has 0 bridgehead atoms. The normalized spacial score (nSPS) is 10.4. The molecule has 1 heterocycles. The summed E-state index contributed by atoms with van der Waals surface area (Å²) in [7, 11) is 1.22. The van der Waals surface area contributed by atoms with E-state index in [4.69, 9.17) is 4.74 Å². The van der Waals surface area contributed by atoms with E-state index in [0.717, 1.165) is 17.4 Å². The molecule has 10 heteroatoms. The van der Waals surface area contributed by atoms with Crippen molar-refractivity contribution >= 4 is 46.6 Å². The molecule has 0 unspecified atom stereocenters. The SMILES string of the molecule is COC(=O)c1sccc1NC(=O)COC(=O)/C=C/c1ccccc1[N+](=O)[O-]. The van der Waals surface area contributed by atoms with Crippen molar-refractivity contribution in [3.63, 3.8) is 0 Å². The van der Waals surface area contributed by atoms with Gasteiger partial charge < -0.3 is 14.8 Å². The van der Waals surface area contributed by atoms with E-state index in [0.29, 0.717) is 0 Å². The Morgan fingerprint density at radius 1 is 1.26 bits per heavy atom. The number of carbonyl (C=O) groups is 3. The van der Waals surface area contributed by atoms with Crippen LogP contribution in [0.25, 0.3) is 6.08 Å². The van der Waals surface area contributed by atoms with Gasteiger partial charge in [0.2, 0.25) is 0 Å². The zero-order valence-corrected chi connectivity index (χ0v) is 14.9. The molecule has 0 radical (unpaired) electrons. The lowest BCUT2D eigenvalue weighted by Crippen LogP contribution is -2.21. The number of rotatable bonds is 7. The van der Waals surface area contributed by atoms with Gasteiger partial charge in [-0.25, -0.2) is 9.59 Å². The summed E-state index contributed by atoms with van der Waals surface area (Å²) in [6.07, 6.45) is 2.21. The minimum absolute atomic E-state index is 0.160. The lowest BCUT2D eigenvalue weighted by atomic mass is 10.1. The summed E-state index contributed by atoms with van der Waals surface area (Å²) in [5.41, 5.74) is 0.320. The van der Waals surface area contributed by atoms with Crippen LogP contribution in [-0.2, 0) is 19.1 Å². The number of hydrogen-bond donors (Lipinski definition) is 1. The minimum Gasteiger partial charge on any atom is -0.465 e. The van der Waals surface area contributed by atoms with Crippen LogP contribution in [0.15, 0.2) is 41.8 Å². The van der Waals surface area contributed by atoms with Crippen LogP contribution in [0.2, 0.25) is 0 Å². The van der Waals surface area contributed by atoms with Crippen molar-refractivity contribution in [2.45, 2.75) is 0 Å². The third-order valence-electron chi connectivity index (χ3n) is 3.19. The van der Waals surface area contributed by atoms with Crippen molar-refractivity contribution in [1.82, 2.24) is 0 Å². The lowest BCUT2D eigenvalue weighted by Gasteiger charge is -2.05. The molecule has 140 valence electrons. The summed E-state index contributed by atoms with van der Waals surface area (Å²) in [5.74, 6) is -2.09. The van der Waals surface area contributed by atoms with Crippen LogP contribution in [-0.4, -0.2) is 36.5 Å². The Hall–Kier alpha value is -3.53. The average molecular weight is 390 g/mol. The van der Waals surface area contributed by atoms with Gasteiger partial charge in [-0.1, -0.05) is 12.1 Å². The van der Waals surface area contributed by atoms with Gasteiger partial charge in [-0.3, -0.25) is 14.9 Å². The number of para-hydroxylation sites is 1. The predicted octanol–water partition coefficient (Wildman–Crippen LogP) is 2.64. The standard InChI is InChI=1S/C17H14N2O7S/c1-25-17(22)16-12(8-9-27-16)18-14(20)10-26-15(21)7-6-11-4-2-3-5-13(11)19(23)24/h2-9H,10H2,1H3,(H,18,20)/b7-6+. The van der Waals surface area contributed by atoms with Crippen LogP contribution in [0.3, 0.4) is 0 Å². The number of nitro benzene ring substituents is 1. The maximum Gasteiger partial charge on any atom is 0.350 e. The summed E-state index contributed by atoms with van der Waals surface area (Å²) in [4.78, 5) is 45.6. The van der Waals surface area contributed by atoms with E-state index in [1.165, 1.54) is 37.5 Å². The number of nitrogens with one attached hydrogen (secondary N) is 1. The molecule has 1 amide bonds. The Bertz CT molecular complexity index is 904. The predicted molar refractivity (Wildman–Crippen MR) is 97.4 cm³/mol. The van der Waals surface area contributed by atoms with Crippen LogP contribution < -0.4 is 5.32 Å². The molecule has 0 aliphatic heterocycles. The molecular weight excluding hydrogens is 376 g/mol. The van der Waals surface area contributed by atoms with Crippen molar-refractivity contribution in [3.8, 4) is 0 Å².